The Labute approximate surface area is 186 Å². The number of likely N-dealkylation sites (N-methyl/N-ethyl adjacent to an activating group) is 1. The summed E-state index contributed by atoms with van der Waals surface area (Å²) in [6.07, 6.45) is 3.94. The maximum atomic E-state index is 11.8. The number of aromatic nitrogens is 3. The van der Waals surface area contributed by atoms with Crippen LogP contribution in [0.2, 0.25) is 0 Å². The van der Waals surface area contributed by atoms with Gasteiger partial charge in [0.25, 0.3) is 0 Å². The van der Waals surface area contributed by atoms with E-state index in [1.54, 1.807) is 39.2 Å². The molecular formula is C21H26N6O4S. The fourth-order valence-corrected chi connectivity index (χ4v) is 3.35. The monoisotopic (exact) mass is 458 g/mol. The molecule has 0 aliphatic rings. The number of anilines is 1. The maximum absolute atomic E-state index is 11.8. The Kier molecular flexibility index (Phi) is 6.60. The molecule has 0 spiro atoms. The molecule has 3 aromatic rings. The number of sulfonamides is 1. The van der Waals surface area contributed by atoms with Crippen LogP contribution in [0.3, 0.4) is 0 Å². The van der Waals surface area contributed by atoms with Gasteiger partial charge in [-0.05, 0) is 44.5 Å². The van der Waals surface area contributed by atoms with E-state index in [-0.39, 0.29) is 4.90 Å². The average molecular weight is 459 g/mol. The van der Waals surface area contributed by atoms with Crippen molar-refractivity contribution in [3.63, 3.8) is 0 Å². The van der Waals surface area contributed by atoms with E-state index in [1.165, 1.54) is 12.3 Å². The van der Waals surface area contributed by atoms with Gasteiger partial charge in [0.2, 0.25) is 10.0 Å². The first-order valence-electron chi connectivity index (χ1n) is 9.85. The number of hydrogen-bond acceptors (Lipinski definition) is 8. The summed E-state index contributed by atoms with van der Waals surface area (Å²) in [6, 6.07) is 6.89. The largest absolute Gasteiger partial charge is 0.444 e. The van der Waals surface area contributed by atoms with Crippen LogP contribution in [0.5, 0.6) is 0 Å². The molecule has 170 valence electrons. The van der Waals surface area contributed by atoms with Crippen LogP contribution in [-0.4, -0.2) is 55.2 Å². The standard InChI is InChI=1S/C21H26N6O4S/c1-21(2,3)31-20(28)24-7-8-27(4)19-13-25-17-6-5-14(10-18(17)26-19)15-9-16(12-23-11-15)32(22,29)30/h5-6,9-13H,7-8H2,1-4H3,(H,24,28)(H2,22,29,30). The Hall–Kier alpha value is -3.31. The van der Waals surface area contributed by atoms with Crippen LogP contribution in [0.1, 0.15) is 20.8 Å². The Balaban J connectivity index is 1.76. The highest BCUT2D eigenvalue weighted by Gasteiger charge is 2.16. The average Bonchev–Trinajstić information content (AvgIpc) is 2.71. The third-order valence-corrected chi connectivity index (χ3v) is 5.29. The maximum Gasteiger partial charge on any atom is 0.407 e. The first-order valence-corrected chi connectivity index (χ1v) is 11.4. The van der Waals surface area contributed by atoms with E-state index in [9.17, 15) is 13.2 Å². The van der Waals surface area contributed by atoms with E-state index < -0.39 is 21.7 Å². The predicted octanol–water partition coefficient (Wildman–Crippen LogP) is 2.30. The van der Waals surface area contributed by atoms with Gasteiger partial charge in [-0.1, -0.05) is 6.07 Å². The van der Waals surface area contributed by atoms with Gasteiger partial charge in [-0.3, -0.25) is 9.97 Å². The first-order chi connectivity index (χ1) is 14.9. The molecular weight excluding hydrogens is 432 g/mol. The number of alkyl carbamates (subject to hydrolysis) is 1. The zero-order valence-corrected chi connectivity index (χ0v) is 19.2. The number of nitrogens with two attached hydrogens (primary N) is 1. The Morgan fingerprint density at radius 1 is 1.12 bits per heavy atom. The molecule has 0 radical (unpaired) electrons. The summed E-state index contributed by atoms with van der Waals surface area (Å²) >= 11 is 0. The van der Waals surface area contributed by atoms with Crippen LogP contribution in [0.4, 0.5) is 10.6 Å². The highest BCUT2D eigenvalue weighted by Crippen LogP contribution is 2.25. The van der Waals surface area contributed by atoms with E-state index in [1.807, 2.05) is 24.1 Å². The fourth-order valence-electron chi connectivity index (χ4n) is 2.85. The third-order valence-electron chi connectivity index (χ3n) is 4.41. The van der Waals surface area contributed by atoms with Crippen molar-refractivity contribution in [3.8, 4) is 11.1 Å². The van der Waals surface area contributed by atoms with Crippen LogP contribution in [-0.2, 0) is 14.8 Å². The van der Waals surface area contributed by atoms with Gasteiger partial charge in [0.05, 0.1) is 17.2 Å². The van der Waals surface area contributed by atoms with Gasteiger partial charge in [0, 0.05) is 38.1 Å². The van der Waals surface area contributed by atoms with E-state index in [0.717, 1.165) is 5.56 Å². The van der Waals surface area contributed by atoms with E-state index in [4.69, 9.17) is 9.88 Å². The summed E-state index contributed by atoms with van der Waals surface area (Å²) in [5.41, 5.74) is 2.10. The van der Waals surface area contributed by atoms with Gasteiger partial charge in [-0.2, -0.15) is 0 Å². The van der Waals surface area contributed by atoms with Crippen LogP contribution in [0.15, 0.2) is 47.8 Å². The lowest BCUT2D eigenvalue weighted by Crippen LogP contribution is -2.37. The number of pyridine rings is 1. The Morgan fingerprint density at radius 3 is 2.56 bits per heavy atom. The van der Waals surface area contributed by atoms with Crippen LogP contribution >= 0.6 is 0 Å². The molecule has 3 N–H and O–H groups in total. The number of nitrogens with zero attached hydrogens (tertiary/aromatic N) is 4. The highest BCUT2D eigenvalue weighted by atomic mass is 32.2. The van der Waals surface area contributed by atoms with Gasteiger partial charge in [-0.25, -0.2) is 23.3 Å². The number of primary sulfonamides is 1. The molecule has 1 amide bonds. The molecule has 0 aliphatic heterocycles. The number of amides is 1. The van der Waals surface area contributed by atoms with Crippen molar-refractivity contribution in [1.29, 1.82) is 0 Å². The van der Waals surface area contributed by atoms with Gasteiger partial charge >= 0.3 is 6.09 Å². The van der Waals surface area contributed by atoms with Crippen LogP contribution < -0.4 is 15.4 Å². The zero-order valence-electron chi connectivity index (χ0n) is 18.4. The van der Waals surface area contributed by atoms with Gasteiger partial charge < -0.3 is 15.0 Å². The van der Waals surface area contributed by atoms with Crippen molar-refractivity contribution in [2.75, 3.05) is 25.0 Å². The number of nitrogens with one attached hydrogen (secondary N) is 1. The van der Waals surface area contributed by atoms with Crippen molar-refractivity contribution < 1.29 is 17.9 Å². The second-order valence-corrected chi connectivity index (χ2v) is 9.80. The normalized spacial score (nSPS) is 11.9. The topological polar surface area (TPSA) is 140 Å². The molecule has 0 unspecified atom stereocenters. The first kappa shape index (κ1) is 23.4. The minimum absolute atomic E-state index is 0.0628. The van der Waals surface area contributed by atoms with Crippen molar-refractivity contribution in [1.82, 2.24) is 20.3 Å². The van der Waals surface area contributed by atoms with Gasteiger partial charge in [0.1, 0.15) is 16.3 Å². The molecule has 32 heavy (non-hydrogen) atoms. The van der Waals surface area contributed by atoms with Crippen LogP contribution in [0, 0.1) is 0 Å². The number of hydrogen-bond donors (Lipinski definition) is 2. The zero-order chi connectivity index (χ0) is 23.5. The number of carbonyl (C=O) groups excluding carboxylic acids is 1. The molecule has 3 rings (SSSR count). The SMILES string of the molecule is CN(CCNC(=O)OC(C)(C)C)c1cnc2ccc(-c3cncc(S(N)(=O)=O)c3)cc2n1. The molecule has 0 saturated carbocycles. The number of ether oxygens (including phenoxy) is 1. The number of fused-ring (bicyclic) bond motifs is 1. The number of carbonyl (C=O) groups is 1. The lowest BCUT2D eigenvalue weighted by molar-refractivity contribution is 0.0529. The van der Waals surface area contributed by atoms with E-state index in [2.05, 4.69) is 20.3 Å². The second kappa shape index (κ2) is 9.05. The lowest BCUT2D eigenvalue weighted by atomic mass is 10.1. The van der Waals surface area contributed by atoms with Crippen molar-refractivity contribution in [2.45, 2.75) is 31.3 Å². The van der Waals surface area contributed by atoms with Crippen molar-refractivity contribution in [3.05, 3.63) is 42.9 Å². The molecule has 0 atom stereocenters. The molecule has 11 heteroatoms. The van der Waals surface area contributed by atoms with Crippen LogP contribution in [0.25, 0.3) is 22.2 Å². The third kappa shape index (κ3) is 6.11. The predicted molar refractivity (Wildman–Crippen MR) is 122 cm³/mol. The molecule has 2 heterocycles. The van der Waals surface area contributed by atoms with E-state index in [0.29, 0.717) is 35.5 Å². The molecule has 0 saturated heterocycles. The van der Waals surface area contributed by atoms with Gasteiger partial charge in [-0.15, -0.1) is 0 Å². The molecule has 2 aromatic heterocycles. The number of benzene rings is 1. The minimum Gasteiger partial charge on any atom is -0.444 e. The fraction of sp³-hybridized carbons (Fsp3) is 0.333. The summed E-state index contributed by atoms with van der Waals surface area (Å²) in [7, 11) is -2.01. The lowest BCUT2D eigenvalue weighted by Gasteiger charge is -2.21. The quantitative estimate of drug-likeness (QED) is 0.573. The smallest absolute Gasteiger partial charge is 0.407 e. The summed E-state index contributed by atoms with van der Waals surface area (Å²) in [5, 5.41) is 7.91. The van der Waals surface area contributed by atoms with E-state index >= 15 is 0 Å². The number of rotatable bonds is 6. The summed E-state index contributed by atoms with van der Waals surface area (Å²) < 4.78 is 28.5. The molecule has 10 nitrogen and oxygen atoms in total. The molecule has 1 aromatic carbocycles. The molecule has 0 bridgehead atoms. The van der Waals surface area contributed by atoms with Crippen molar-refractivity contribution in [2.24, 2.45) is 5.14 Å². The van der Waals surface area contributed by atoms with Crippen molar-refractivity contribution >= 4 is 33.0 Å². The highest BCUT2D eigenvalue weighted by molar-refractivity contribution is 7.89. The minimum atomic E-state index is -3.86. The molecule has 0 fully saturated rings. The Morgan fingerprint density at radius 2 is 1.88 bits per heavy atom. The summed E-state index contributed by atoms with van der Waals surface area (Å²) in [4.78, 5) is 26.6. The second-order valence-electron chi connectivity index (χ2n) is 8.24. The molecule has 0 aliphatic carbocycles. The van der Waals surface area contributed by atoms with Gasteiger partial charge in [0.15, 0.2) is 0 Å². The summed E-state index contributed by atoms with van der Waals surface area (Å²) in [6.45, 7) is 6.29. The Bertz CT molecular complexity index is 1240. The summed E-state index contributed by atoms with van der Waals surface area (Å²) in [5.74, 6) is 0.622.